The van der Waals surface area contributed by atoms with Crippen molar-refractivity contribution in [2.24, 2.45) is 21.7 Å². The van der Waals surface area contributed by atoms with Gasteiger partial charge in [-0.05, 0) is 48.9 Å². The van der Waals surface area contributed by atoms with Crippen LogP contribution in [0.2, 0.25) is 10.0 Å². The number of nitrogens with one attached hydrogen (secondary N) is 1. The summed E-state index contributed by atoms with van der Waals surface area (Å²) in [6.45, 7) is 3.52. The summed E-state index contributed by atoms with van der Waals surface area (Å²) in [4.78, 5) is 15.9. The summed E-state index contributed by atoms with van der Waals surface area (Å²) in [5.41, 5.74) is 6.85. The Balaban J connectivity index is 2.03. The van der Waals surface area contributed by atoms with E-state index < -0.39 is 28.1 Å². The minimum atomic E-state index is -4.12. The number of rotatable bonds is 6. The fourth-order valence-electron chi connectivity index (χ4n) is 3.19. The Morgan fingerprint density at radius 3 is 2.24 bits per heavy atom. The number of aliphatic imine (C=N–C) groups is 1. The molecule has 33 heavy (non-hydrogen) atoms. The molecule has 1 aliphatic rings. The second-order valence-electron chi connectivity index (χ2n) is 7.58. The molecule has 2 aromatic rings. The molecule has 4 N–H and O–H groups in total. The van der Waals surface area contributed by atoms with Crippen molar-refractivity contribution in [2.75, 3.05) is 6.54 Å². The third-order valence-electron chi connectivity index (χ3n) is 4.89. The number of nitrogens with zero attached hydrogens (tertiary/aromatic N) is 3. The first-order valence-electron chi connectivity index (χ1n) is 9.93. The van der Waals surface area contributed by atoms with Crippen molar-refractivity contribution >= 4 is 50.8 Å². The van der Waals surface area contributed by atoms with Crippen LogP contribution >= 0.6 is 23.2 Å². The topological polar surface area (TPSA) is 137 Å². The van der Waals surface area contributed by atoms with E-state index in [1.807, 2.05) is 6.92 Å². The van der Waals surface area contributed by atoms with Gasteiger partial charge in [-0.2, -0.15) is 5.10 Å². The first-order chi connectivity index (χ1) is 15.5. The number of halogens is 2. The van der Waals surface area contributed by atoms with Gasteiger partial charge in [0.15, 0.2) is 6.04 Å². The average Bonchev–Trinajstić information content (AvgIpc) is 3.13. The van der Waals surface area contributed by atoms with Crippen LogP contribution in [0.1, 0.15) is 19.4 Å². The van der Waals surface area contributed by atoms with Crippen LogP contribution in [-0.2, 0) is 14.8 Å². The summed E-state index contributed by atoms with van der Waals surface area (Å²) in [6, 6.07) is 11.2. The molecule has 0 fully saturated rings. The highest BCUT2D eigenvalue weighted by Gasteiger charge is 2.31. The van der Waals surface area contributed by atoms with Gasteiger partial charge in [-0.15, -0.1) is 0 Å². The van der Waals surface area contributed by atoms with Gasteiger partial charge in [0.1, 0.15) is 0 Å². The number of sulfonamides is 1. The molecule has 0 saturated heterocycles. The van der Waals surface area contributed by atoms with Gasteiger partial charge < -0.3 is 10.8 Å². The Morgan fingerprint density at radius 2 is 1.73 bits per heavy atom. The molecule has 9 nitrogen and oxygen atoms in total. The average molecular weight is 512 g/mol. The molecule has 176 valence electrons. The highest BCUT2D eigenvalue weighted by molar-refractivity contribution is 7.90. The Labute approximate surface area is 202 Å². The molecule has 2 aromatic carbocycles. The van der Waals surface area contributed by atoms with E-state index in [0.29, 0.717) is 15.8 Å². The molecule has 1 aliphatic heterocycles. The fourth-order valence-corrected chi connectivity index (χ4v) is 4.45. The van der Waals surface area contributed by atoms with Crippen LogP contribution < -0.4 is 10.5 Å². The maximum absolute atomic E-state index is 13.0. The number of guanidine groups is 1. The van der Waals surface area contributed by atoms with Crippen LogP contribution in [0.25, 0.3) is 0 Å². The van der Waals surface area contributed by atoms with E-state index >= 15 is 0 Å². The Morgan fingerprint density at radius 1 is 1.18 bits per heavy atom. The number of hydrogen-bond donors (Lipinski definition) is 3. The number of aliphatic hydroxyl groups excluding tert-OH is 1. The van der Waals surface area contributed by atoms with Gasteiger partial charge in [0, 0.05) is 16.0 Å². The number of primary amides is 1. The summed E-state index contributed by atoms with van der Waals surface area (Å²) in [5.74, 6) is -1.26. The lowest BCUT2D eigenvalue weighted by Crippen LogP contribution is -2.45. The predicted octanol–water partition coefficient (Wildman–Crippen LogP) is 2.22. The van der Waals surface area contributed by atoms with Gasteiger partial charge in [0.05, 0.1) is 23.3 Å². The maximum Gasteiger partial charge on any atom is 0.264 e. The summed E-state index contributed by atoms with van der Waals surface area (Å²) in [5, 5.41) is 16.8. The Hall–Kier alpha value is -2.66. The quantitative estimate of drug-likeness (QED) is 0.403. The largest absolute Gasteiger partial charge is 0.391 e. The van der Waals surface area contributed by atoms with Crippen LogP contribution in [0.4, 0.5) is 0 Å². The molecular formula is C21H23Cl2N5O4S. The number of carbonyl (C=O) groups excluding carboxylic acids is 1. The molecule has 0 unspecified atom stereocenters. The molecule has 0 bridgehead atoms. The van der Waals surface area contributed by atoms with Crippen LogP contribution in [0.15, 0.2) is 63.5 Å². The van der Waals surface area contributed by atoms with E-state index in [9.17, 15) is 18.3 Å². The smallest absolute Gasteiger partial charge is 0.264 e. The van der Waals surface area contributed by atoms with Crippen LogP contribution in [0.5, 0.6) is 0 Å². The molecular weight excluding hydrogens is 489 g/mol. The number of carbonyl (C=O) groups is 1. The summed E-state index contributed by atoms with van der Waals surface area (Å²) in [7, 11) is -4.12. The van der Waals surface area contributed by atoms with Crippen molar-refractivity contribution in [3.05, 3.63) is 64.1 Å². The van der Waals surface area contributed by atoms with Crippen LogP contribution in [0.3, 0.4) is 0 Å². The molecule has 0 radical (unpaired) electrons. The molecule has 0 aliphatic carbocycles. The lowest BCUT2D eigenvalue weighted by molar-refractivity contribution is -0.121. The SMILES string of the molecule is C[C@@H]1CN(C(=N[C@@H](C(N)=O)[C@H](C)O)NS(=O)(=O)c2ccc(Cl)cc2)N=C1c1ccc(Cl)cc1. The molecule has 0 aromatic heterocycles. The second kappa shape index (κ2) is 10.1. The number of nitrogens with two attached hydrogens (primary N) is 1. The summed E-state index contributed by atoms with van der Waals surface area (Å²) < 4.78 is 28.4. The molecule has 1 heterocycles. The predicted molar refractivity (Wildman–Crippen MR) is 128 cm³/mol. The summed E-state index contributed by atoms with van der Waals surface area (Å²) >= 11 is 11.8. The maximum atomic E-state index is 13.0. The highest BCUT2D eigenvalue weighted by Crippen LogP contribution is 2.22. The first kappa shape index (κ1) is 25.0. The lowest BCUT2D eigenvalue weighted by Gasteiger charge is -2.21. The third-order valence-corrected chi connectivity index (χ3v) is 6.73. The second-order valence-corrected chi connectivity index (χ2v) is 10.1. The van der Waals surface area contributed by atoms with Crippen molar-refractivity contribution in [1.82, 2.24) is 9.73 Å². The van der Waals surface area contributed by atoms with Gasteiger partial charge in [-0.1, -0.05) is 42.3 Å². The van der Waals surface area contributed by atoms with Gasteiger partial charge in [-0.25, -0.2) is 23.1 Å². The summed E-state index contributed by atoms with van der Waals surface area (Å²) in [6.07, 6.45) is -1.25. The van der Waals surface area contributed by atoms with E-state index in [1.54, 1.807) is 24.3 Å². The zero-order valence-electron chi connectivity index (χ0n) is 17.8. The van der Waals surface area contributed by atoms with Gasteiger partial charge in [0.2, 0.25) is 11.9 Å². The lowest BCUT2D eigenvalue weighted by atomic mass is 10.00. The normalized spacial score (nSPS) is 18.6. The monoisotopic (exact) mass is 511 g/mol. The number of benzene rings is 2. The third kappa shape index (κ3) is 6.02. The molecule has 0 spiro atoms. The van der Waals surface area contributed by atoms with Crippen molar-refractivity contribution in [1.29, 1.82) is 0 Å². The first-order valence-corrected chi connectivity index (χ1v) is 12.2. The zero-order chi connectivity index (χ0) is 24.3. The van der Waals surface area contributed by atoms with Gasteiger partial charge in [0.25, 0.3) is 10.0 Å². The standard InChI is InChI=1S/C21H23Cl2N5O4S/c1-12-11-28(26-18(12)14-3-5-15(22)6-4-14)21(25-19(13(2)29)20(24)30)27-33(31,32)17-9-7-16(23)8-10-17/h3-10,12-13,19,29H,11H2,1-2H3,(H2,24,30)(H,25,27)/t12-,13+,19-/m1/s1. The van der Waals surface area contributed by atoms with Crippen LogP contribution in [-0.4, -0.2) is 54.8 Å². The highest BCUT2D eigenvalue weighted by atomic mass is 35.5. The molecule has 3 rings (SSSR count). The van der Waals surface area contributed by atoms with E-state index in [2.05, 4.69) is 14.8 Å². The molecule has 0 saturated carbocycles. The minimum Gasteiger partial charge on any atom is -0.391 e. The van der Waals surface area contributed by atoms with Crippen molar-refractivity contribution in [3.8, 4) is 0 Å². The van der Waals surface area contributed by atoms with Crippen LogP contribution in [0, 0.1) is 5.92 Å². The Kier molecular flexibility index (Phi) is 7.63. The fraction of sp³-hybridized carbons (Fsp3) is 0.286. The minimum absolute atomic E-state index is 0.0681. The Bertz CT molecular complexity index is 1180. The molecule has 1 amide bonds. The number of amides is 1. The van der Waals surface area contributed by atoms with E-state index in [0.717, 1.165) is 5.56 Å². The van der Waals surface area contributed by atoms with Gasteiger partial charge >= 0.3 is 0 Å². The van der Waals surface area contributed by atoms with E-state index in [-0.39, 0.29) is 23.3 Å². The zero-order valence-corrected chi connectivity index (χ0v) is 20.1. The van der Waals surface area contributed by atoms with Crippen molar-refractivity contribution in [3.63, 3.8) is 0 Å². The molecule has 12 heteroatoms. The van der Waals surface area contributed by atoms with Crippen molar-refractivity contribution in [2.45, 2.75) is 30.9 Å². The number of hydrogen-bond acceptors (Lipinski definition) is 6. The van der Waals surface area contributed by atoms with Gasteiger partial charge in [-0.3, -0.25) is 4.79 Å². The van der Waals surface area contributed by atoms with E-state index in [4.69, 9.17) is 28.9 Å². The number of hydrazone groups is 1. The number of aliphatic hydroxyl groups is 1. The van der Waals surface area contributed by atoms with E-state index in [1.165, 1.54) is 36.2 Å². The molecule has 3 atom stereocenters. The van der Waals surface area contributed by atoms with Crippen molar-refractivity contribution < 1.29 is 18.3 Å².